The summed E-state index contributed by atoms with van der Waals surface area (Å²) in [5, 5.41) is 6.87. The minimum atomic E-state index is 0.333. The van der Waals surface area contributed by atoms with Crippen LogP contribution in [-0.4, -0.2) is 34.1 Å². The summed E-state index contributed by atoms with van der Waals surface area (Å²) in [6, 6.07) is 2.45. The number of rotatable bonds is 10. The van der Waals surface area contributed by atoms with E-state index in [4.69, 9.17) is 0 Å². The maximum atomic E-state index is 4.64. The molecule has 1 unspecified atom stereocenters. The second kappa shape index (κ2) is 9.87. The van der Waals surface area contributed by atoms with E-state index in [0.717, 1.165) is 36.8 Å². The smallest absolute Gasteiger partial charge is 0.135 e. The van der Waals surface area contributed by atoms with Crippen LogP contribution in [0.1, 0.15) is 59.2 Å². The Balaban J connectivity index is 2.72. The normalized spacial score (nSPS) is 12.5. The summed E-state index contributed by atoms with van der Waals surface area (Å²) in [6.45, 7) is 11.8. The first-order chi connectivity index (χ1) is 10.1. The van der Waals surface area contributed by atoms with Gasteiger partial charge in [-0.2, -0.15) is 11.8 Å². The molecular weight excluding hydrogens is 280 g/mol. The van der Waals surface area contributed by atoms with Crippen LogP contribution < -0.4 is 10.6 Å². The molecule has 0 aliphatic heterocycles. The lowest BCUT2D eigenvalue weighted by Gasteiger charge is -2.17. The van der Waals surface area contributed by atoms with Gasteiger partial charge in [-0.1, -0.05) is 27.7 Å². The van der Waals surface area contributed by atoms with Crippen molar-refractivity contribution in [2.45, 2.75) is 59.4 Å². The average Bonchev–Trinajstić information content (AvgIpc) is 2.45. The van der Waals surface area contributed by atoms with Crippen molar-refractivity contribution in [1.82, 2.24) is 9.97 Å². The van der Waals surface area contributed by atoms with Gasteiger partial charge in [-0.15, -0.1) is 0 Å². The Labute approximate surface area is 133 Å². The number of hydrogen-bond acceptors (Lipinski definition) is 5. The van der Waals surface area contributed by atoms with Crippen molar-refractivity contribution in [3.8, 4) is 0 Å². The second-order valence-electron chi connectivity index (χ2n) is 5.61. The minimum absolute atomic E-state index is 0.333. The molecule has 0 fully saturated rings. The summed E-state index contributed by atoms with van der Waals surface area (Å²) < 4.78 is 0. The molecule has 5 heteroatoms. The van der Waals surface area contributed by atoms with Gasteiger partial charge in [0.2, 0.25) is 0 Å². The maximum absolute atomic E-state index is 4.64. The Kier molecular flexibility index (Phi) is 8.50. The molecule has 0 radical (unpaired) electrons. The molecule has 1 aromatic rings. The Morgan fingerprint density at radius 2 is 1.86 bits per heavy atom. The standard InChI is InChI=1S/C16H30N4S/c1-6-9-17-14-11-15(20-16(19-14)12(3)4)18-13(5)8-10-21-7-2/h11-13H,6-10H2,1-5H3,(H2,17,18,19,20). The first-order valence-electron chi connectivity index (χ1n) is 8.03. The van der Waals surface area contributed by atoms with E-state index in [1.54, 1.807) is 0 Å². The van der Waals surface area contributed by atoms with Gasteiger partial charge in [0.15, 0.2) is 0 Å². The zero-order valence-corrected chi connectivity index (χ0v) is 14.9. The Morgan fingerprint density at radius 1 is 1.14 bits per heavy atom. The van der Waals surface area contributed by atoms with Gasteiger partial charge >= 0.3 is 0 Å². The molecule has 0 aliphatic carbocycles. The lowest BCUT2D eigenvalue weighted by molar-refractivity contribution is 0.745. The summed E-state index contributed by atoms with van der Waals surface area (Å²) in [5.74, 6) is 5.46. The van der Waals surface area contributed by atoms with E-state index in [-0.39, 0.29) is 0 Å². The monoisotopic (exact) mass is 310 g/mol. The number of thioether (sulfide) groups is 1. The molecule has 0 spiro atoms. The van der Waals surface area contributed by atoms with Crippen molar-refractivity contribution in [3.05, 3.63) is 11.9 Å². The second-order valence-corrected chi connectivity index (χ2v) is 7.00. The van der Waals surface area contributed by atoms with E-state index < -0.39 is 0 Å². The van der Waals surface area contributed by atoms with E-state index >= 15 is 0 Å². The molecule has 1 aromatic heterocycles. The molecule has 120 valence electrons. The Hall–Kier alpha value is -0.970. The van der Waals surface area contributed by atoms with Crippen LogP contribution in [0.5, 0.6) is 0 Å². The van der Waals surface area contributed by atoms with E-state index in [9.17, 15) is 0 Å². The Bertz CT molecular complexity index is 409. The van der Waals surface area contributed by atoms with E-state index in [2.05, 4.69) is 55.2 Å². The third kappa shape index (κ3) is 7.02. The molecule has 1 atom stereocenters. The lowest BCUT2D eigenvalue weighted by atomic mass is 10.2. The molecule has 1 heterocycles. The minimum Gasteiger partial charge on any atom is -0.370 e. The summed E-state index contributed by atoms with van der Waals surface area (Å²) >= 11 is 1.98. The number of hydrogen-bond donors (Lipinski definition) is 2. The number of nitrogens with one attached hydrogen (secondary N) is 2. The van der Waals surface area contributed by atoms with Gasteiger partial charge in [0.25, 0.3) is 0 Å². The van der Waals surface area contributed by atoms with Gasteiger partial charge in [0, 0.05) is 24.6 Å². The highest BCUT2D eigenvalue weighted by Gasteiger charge is 2.10. The van der Waals surface area contributed by atoms with Crippen molar-refractivity contribution in [3.63, 3.8) is 0 Å². The summed E-state index contributed by atoms with van der Waals surface area (Å²) in [7, 11) is 0. The van der Waals surface area contributed by atoms with Gasteiger partial charge in [-0.05, 0) is 31.3 Å². The van der Waals surface area contributed by atoms with Crippen LogP contribution in [0.3, 0.4) is 0 Å². The van der Waals surface area contributed by atoms with Crippen molar-refractivity contribution >= 4 is 23.4 Å². The summed E-state index contributed by atoms with van der Waals surface area (Å²) in [4.78, 5) is 9.23. The molecule has 0 saturated carbocycles. The zero-order chi connectivity index (χ0) is 15.7. The zero-order valence-electron chi connectivity index (χ0n) is 14.1. The predicted octanol–water partition coefficient (Wildman–Crippen LogP) is 4.37. The van der Waals surface area contributed by atoms with Crippen LogP contribution in [0.25, 0.3) is 0 Å². The van der Waals surface area contributed by atoms with Gasteiger partial charge < -0.3 is 10.6 Å². The third-order valence-corrected chi connectivity index (χ3v) is 4.04. The highest BCUT2D eigenvalue weighted by atomic mass is 32.2. The van der Waals surface area contributed by atoms with Crippen molar-refractivity contribution in [1.29, 1.82) is 0 Å². The topological polar surface area (TPSA) is 49.8 Å². The van der Waals surface area contributed by atoms with E-state index in [0.29, 0.717) is 12.0 Å². The summed E-state index contributed by atoms with van der Waals surface area (Å²) in [5.41, 5.74) is 0. The molecule has 0 amide bonds. The van der Waals surface area contributed by atoms with Gasteiger partial charge in [-0.3, -0.25) is 0 Å². The SMILES string of the molecule is CCCNc1cc(NC(C)CCSCC)nc(C(C)C)n1. The first kappa shape index (κ1) is 18.1. The molecule has 2 N–H and O–H groups in total. The molecule has 0 saturated heterocycles. The van der Waals surface area contributed by atoms with Crippen LogP contribution in [-0.2, 0) is 0 Å². The molecule has 0 aliphatic rings. The maximum Gasteiger partial charge on any atom is 0.135 e. The first-order valence-corrected chi connectivity index (χ1v) is 9.19. The third-order valence-electron chi connectivity index (χ3n) is 3.11. The van der Waals surface area contributed by atoms with E-state index in [1.807, 2.05) is 17.8 Å². The molecular formula is C16H30N4S. The highest BCUT2D eigenvalue weighted by molar-refractivity contribution is 7.99. The fourth-order valence-corrected chi connectivity index (χ4v) is 2.68. The van der Waals surface area contributed by atoms with Gasteiger partial charge in [-0.25, -0.2) is 9.97 Å². The van der Waals surface area contributed by atoms with Crippen LogP contribution in [0.2, 0.25) is 0 Å². The summed E-state index contributed by atoms with van der Waals surface area (Å²) in [6.07, 6.45) is 2.24. The quantitative estimate of drug-likeness (QED) is 0.629. The molecule has 21 heavy (non-hydrogen) atoms. The lowest BCUT2D eigenvalue weighted by Crippen LogP contribution is -2.18. The van der Waals surface area contributed by atoms with Gasteiger partial charge in [0.1, 0.15) is 17.5 Å². The molecule has 0 bridgehead atoms. The molecule has 1 rings (SSSR count). The van der Waals surface area contributed by atoms with Crippen LogP contribution in [0, 0.1) is 0 Å². The molecule has 0 aromatic carbocycles. The molecule has 4 nitrogen and oxygen atoms in total. The van der Waals surface area contributed by atoms with Gasteiger partial charge in [0.05, 0.1) is 0 Å². The van der Waals surface area contributed by atoms with Crippen molar-refractivity contribution in [2.24, 2.45) is 0 Å². The van der Waals surface area contributed by atoms with Crippen LogP contribution in [0.4, 0.5) is 11.6 Å². The number of aromatic nitrogens is 2. The number of anilines is 2. The van der Waals surface area contributed by atoms with Crippen molar-refractivity contribution < 1.29 is 0 Å². The fraction of sp³-hybridized carbons (Fsp3) is 0.750. The van der Waals surface area contributed by atoms with E-state index in [1.165, 1.54) is 11.5 Å². The highest BCUT2D eigenvalue weighted by Crippen LogP contribution is 2.18. The Morgan fingerprint density at radius 3 is 2.48 bits per heavy atom. The number of nitrogens with zero attached hydrogens (tertiary/aromatic N) is 2. The largest absolute Gasteiger partial charge is 0.370 e. The van der Waals surface area contributed by atoms with Crippen LogP contribution >= 0.6 is 11.8 Å². The van der Waals surface area contributed by atoms with Crippen molar-refractivity contribution in [2.75, 3.05) is 28.7 Å². The fourth-order valence-electron chi connectivity index (χ4n) is 1.87. The predicted molar refractivity (Wildman–Crippen MR) is 95.6 cm³/mol. The van der Waals surface area contributed by atoms with Crippen LogP contribution in [0.15, 0.2) is 6.07 Å². The average molecular weight is 311 g/mol.